The number of halogens is 2. The molecular weight excluding hydrogens is 287 g/mol. The van der Waals surface area contributed by atoms with Crippen molar-refractivity contribution < 1.29 is 14.6 Å². The predicted octanol–water partition coefficient (Wildman–Crippen LogP) is 3.71. The number of rotatable bonds is 2. The van der Waals surface area contributed by atoms with Gasteiger partial charge in [-0.2, -0.15) is 0 Å². The smallest absolute Gasteiger partial charge is 0.169 e. The average Bonchev–Trinajstić information content (AvgIpc) is 2.97. The van der Waals surface area contributed by atoms with Gasteiger partial charge < -0.3 is 14.6 Å². The Morgan fingerprint density at radius 3 is 2.58 bits per heavy atom. The van der Waals surface area contributed by atoms with E-state index in [1.165, 1.54) is 0 Å². The molecule has 3 rings (SSSR count). The van der Waals surface area contributed by atoms with Crippen molar-refractivity contribution in [3.05, 3.63) is 33.8 Å². The van der Waals surface area contributed by atoms with Gasteiger partial charge in [-0.05, 0) is 25.0 Å². The molecule has 0 bridgehead atoms. The van der Waals surface area contributed by atoms with Crippen molar-refractivity contribution in [2.45, 2.75) is 43.7 Å². The van der Waals surface area contributed by atoms with E-state index in [2.05, 4.69) is 0 Å². The summed E-state index contributed by atoms with van der Waals surface area (Å²) in [7, 11) is 0. The third kappa shape index (κ3) is 2.50. The number of ether oxygens (including phenoxy) is 2. The van der Waals surface area contributed by atoms with Crippen LogP contribution in [0.4, 0.5) is 0 Å². The molecule has 1 heterocycles. The van der Waals surface area contributed by atoms with E-state index in [9.17, 15) is 5.11 Å². The maximum atomic E-state index is 9.51. The summed E-state index contributed by atoms with van der Waals surface area (Å²) in [5.74, 6) is -0.527. The van der Waals surface area contributed by atoms with E-state index < -0.39 is 5.79 Å². The fourth-order valence-corrected chi connectivity index (χ4v) is 3.47. The minimum absolute atomic E-state index is 0.0780. The molecule has 0 amide bonds. The molecule has 2 aliphatic rings. The lowest BCUT2D eigenvalue weighted by atomic mass is 10.1. The molecule has 1 aliphatic heterocycles. The Morgan fingerprint density at radius 2 is 1.95 bits per heavy atom. The van der Waals surface area contributed by atoms with E-state index >= 15 is 0 Å². The molecule has 1 aromatic rings. The third-order valence-corrected chi connectivity index (χ3v) is 4.42. The molecule has 2 unspecified atom stereocenters. The van der Waals surface area contributed by atoms with Crippen LogP contribution in [-0.4, -0.2) is 23.6 Å². The van der Waals surface area contributed by atoms with E-state index in [0.29, 0.717) is 10.0 Å². The molecule has 1 aromatic carbocycles. The Kier molecular flexibility index (Phi) is 3.76. The molecule has 5 heteroatoms. The number of aliphatic hydroxyl groups is 1. The first-order valence-corrected chi connectivity index (χ1v) is 7.31. The van der Waals surface area contributed by atoms with Crippen molar-refractivity contribution in [1.82, 2.24) is 0 Å². The quantitative estimate of drug-likeness (QED) is 0.905. The van der Waals surface area contributed by atoms with Gasteiger partial charge in [0.15, 0.2) is 5.79 Å². The molecule has 1 spiro atoms. The minimum atomic E-state index is -0.527. The maximum absolute atomic E-state index is 9.51. The summed E-state index contributed by atoms with van der Waals surface area (Å²) in [4.78, 5) is 0. The van der Waals surface area contributed by atoms with Crippen LogP contribution >= 0.6 is 23.2 Å². The lowest BCUT2D eigenvalue weighted by Gasteiger charge is -2.22. The van der Waals surface area contributed by atoms with Crippen molar-refractivity contribution in [2.75, 3.05) is 6.61 Å². The Morgan fingerprint density at radius 1 is 1.21 bits per heavy atom. The van der Waals surface area contributed by atoms with Crippen LogP contribution < -0.4 is 0 Å². The van der Waals surface area contributed by atoms with Crippen LogP contribution in [0.1, 0.15) is 37.4 Å². The van der Waals surface area contributed by atoms with Gasteiger partial charge in [-0.25, -0.2) is 0 Å². The van der Waals surface area contributed by atoms with Gasteiger partial charge in [-0.3, -0.25) is 0 Å². The number of hydrogen-bond donors (Lipinski definition) is 1. The van der Waals surface area contributed by atoms with Crippen LogP contribution in [0.2, 0.25) is 10.0 Å². The van der Waals surface area contributed by atoms with Crippen molar-refractivity contribution in [3.8, 4) is 0 Å². The topological polar surface area (TPSA) is 38.7 Å². The van der Waals surface area contributed by atoms with E-state index in [1.54, 1.807) is 12.1 Å². The second-order valence-corrected chi connectivity index (χ2v) is 6.00. The van der Waals surface area contributed by atoms with Crippen LogP contribution in [0.3, 0.4) is 0 Å². The molecule has 1 N–H and O–H groups in total. The fraction of sp³-hybridized carbons (Fsp3) is 0.571. The van der Waals surface area contributed by atoms with Crippen LogP contribution in [0, 0.1) is 0 Å². The fourth-order valence-electron chi connectivity index (χ4n) is 2.95. The summed E-state index contributed by atoms with van der Waals surface area (Å²) in [6.45, 7) is -0.0780. The summed E-state index contributed by atoms with van der Waals surface area (Å²) in [6, 6.07) is 5.31. The first-order valence-electron chi connectivity index (χ1n) is 6.55. The number of hydrogen-bond acceptors (Lipinski definition) is 3. The number of aliphatic hydroxyl groups excluding tert-OH is 1. The summed E-state index contributed by atoms with van der Waals surface area (Å²) < 4.78 is 12.1. The second kappa shape index (κ2) is 5.23. The second-order valence-electron chi connectivity index (χ2n) is 5.16. The highest BCUT2D eigenvalue weighted by Gasteiger charge is 2.49. The SMILES string of the molecule is OCC1OC2(CCCC2)OC1c1ccc(Cl)cc1Cl. The van der Waals surface area contributed by atoms with E-state index in [-0.39, 0.29) is 18.8 Å². The first kappa shape index (κ1) is 13.7. The first-order chi connectivity index (χ1) is 9.13. The van der Waals surface area contributed by atoms with Crippen LogP contribution in [0.25, 0.3) is 0 Å². The zero-order valence-electron chi connectivity index (χ0n) is 10.4. The van der Waals surface area contributed by atoms with Crippen LogP contribution in [0.5, 0.6) is 0 Å². The van der Waals surface area contributed by atoms with E-state index in [0.717, 1.165) is 31.2 Å². The third-order valence-electron chi connectivity index (χ3n) is 3.86. The molecule has 1 saturated heterocycles. The van der Waals surface area contributed by atoms with Gasteiger partial charge >= 0.3 is 0 Å². The van der Waals surface area contributed by atoms with Gasteiger partial charge in [0.1, 0.15) is 12.2 Å². The van der Waals surface area contributed by atoms with Crippen molar-refractivity contribution >= 4 is 23.2 Å². The highest BCUT2D eigenvalue weighted by atomic mass is 35.5. The zero-order valence-corrected chi connectivity index (χ0v) is 12.0. The molecule has 0 radical (unpaired) electrons. The Balaban J connectivity index is 1.90. The lowest BCUT2D eigenvalue weighted by molar-refractivity contribution is -0.172. The lowest BCUT2D eigenvalue weighted by Crippen LogP contribution is -2.27. The van der Waals surface area contributed by atoms with Crippen molar-refractivity contribution in [2.24, 2.45) is 0 Å². The van der Waals surface area contributed by atoms with Crippen LogP contribution in [-0.2, 0) is 9.47 Å². The molecule has 1 saturated carbocycles. The van der Waals surface area contributed by atoms with E-state index in [1.807, 2.05) is 6.07 Å². The molecule has 19 heavy (non-hydrogen) atoms. The van der Waals surface area contributed by atoms with Gasteiger partial charge in [0, 0.05) is 28.5 Å². The van der Waals surface area contributed by atoms with Gasteiger partial charge in [0.25, 0.3) is 0 Å². The van der Waals surface area contributed by atoms with Gasteiger partial charge in [0.05, 0.1) is 6.61 Å². The Labute approximate surface area is 122 Å². The summed E-state index contributed by atoms with van der Waals surface area (Å²) >= 11 is 12.1. The molecule has 0 aromatic heterocycles. The monoisotopic (exact) mass is 302 g/mol. The standard InChI is InChI=1S/C14H16Cl2O3/c15-9-3-4-10(11(16)7-9)13-12(8-17)18-14(19-13)5-1-2-6-14/h3-4,7,12-13,17H,1-2,5-6,8H2. The largest absolute Gasteiger partial charge is 0.394 e. The summed E-state index contributed by atoms with van der Waals surface area (Å²) in [5.41, 5.74) is 0.828. The van der Waals surface area contributed by atoms with Gasteiger partial charge in [-0.1, -0.05) is 29.3 Å². The predicted molar refractivity (Wildman–Crippen MR) is 73.4 cm³/mol. The molecule has 2 fully saturated rings. The van der Waals surface area contributed by atoms with Crippen molar-refractivity contribution in [1.29, 1.82) is 0 Å². The van der Waals surface area contributed by atoms with Gasteiger partial charge in [-0.15, -0.1) is 0 Å². The van der Waals surface area contributed by atoms with Crippen LogP contribution in [0.15, 0.2) is 18.2 Å². The average molecular weight is 303 g/mol. The Bertz CT molecular complexity index is 472. The molecule has 2 atom stereocenters. The highest BCUT2D eigenvalue weighted by Crippen LogP contribution is 2.48. The molecule has 3 nitrogen and oxygen atoms in total. The normalized spacial score (nSPS) is 29.2. The molecule has 1 aliphatic carbocycles. The molecular formula is C14H16Cl2O3. The maximum Gasteiger partial charge on any atom is 0.169 e. The summed E-state index contributed by atoms with van der Waals surface area (Å²) in [6.07, 6.45) is 3.26. The summed E-state index contributed by atoms with van der Waals surface area (Å²) in [5, 5.41) is 10.7. The number of benzene rings is 1. The molecule has 104 valence electrons. The highest BCUT2D eigenvalue weighted by molar-refractivity contribution is 6.35. The zero-order chi connectivity index (χ0) is 13.5. The van der Waals surface area contributed by atoms with Crippen molar-refractivity contribution in [3.63, 3.8) is 0 Å². The van der Waals surface area contributed by atoms with Gasteiger partial charge in [0.2, 0.25) is 0 Å². The Hall–Kier alpha value is -0.320. The minimum Gasteiger partial charge on any atom is -0.394 e. The van der Waals surface area contributed by atoms with E-state index in [4.69, 9.17) is 32.7 Å².